The van der Waals surface area contributed by atoms with E-state index in [1.54, 1.807) is 18.2 Å². The molecule has 216 valence electrons. The van der Waals surface area contributed by atoms with Crippen LogP contribution in [0.4, 0.5) is 10.1 Å². The van der Waals surface area contributed by atoms with E-state index in [9.17, 15) is 14.3 Å². The van der Waals surface area contributed by atoms with Gasteiger partial charge in [-0.1, -0.05) is 30.3 Å². The van der Waals surface area contributed by atoms with Gasteiger partial charge in [0.15, 0.2) is 0 Å². The molecule has 6 heteroatoms. The van der Waals surface area contributed by atoms with Gasteiger partial charge in [0.25, 0.3) is 0 Å². The van der Waals surface area contributed by atoms with Crippen LogP contribution < -0.4 is 4.90 Å². The number of fused-ring (bicyclic) bond motifs is 1. The highest BCUT2D eigenvalue weighted by atomic mass is 19.1. The molecule has 0 radical (unpaired) electrons. The van der Waals surface area contributed by atoms with Gasteiger partial charge in [0.2, 0.25) is 0 Å². The Hall–Kier alpha value is -3.38. The van der Waals surface area contributed by atoms with Crippen LogP contribution in [0.1, 0.15) is 74.1 Å². The lowest BCUT2D eigenvalue weighted by Crippen LogP contribution is -2.60. The Morgan fingerprint density at radius 1 is 0.976 bits per heavy atom. The predicted molar refractivity (Wildman–Crippen MR) is 160 cm³/mol. The zero-order valence-electron chi connectivity index (χ0n) is 24.4. The van der Waals surface area contributed by atoms with Crippen LogP contribution in [0.2, 0.25) is 0 Å². The normalized spacial score (nSPS) is 22.2. The number of ether oxygens (including phenoxy) is 1. The molecule has 1 spiro atoms. The monoisotopic (exact) mass is 556 g/mol. The number of carbonyl (C=O) groups excluding carboxylic acids is 1. The minimum Gasteiger partial charge on any atom is -0.508 e. The second kappa shape index (κ2) is 10.8. The Kier molecular flexibility index (Phi) is 7.31. The summed E-state index contributed by atoms with van der Waals surface area (Å²) in [6.07, 6.45) is 4.06. The molecule has 3 aromatic carbocycles. The number of hydrogen-bond acceptors (Lipinski definition) is 5. The summed E-state index contributed by atoms with van der Waals surface area (Å²) < 4.78 is 19.2. The third-order valence-corrected chi connectivity index (χ3v) is 9.25. The van der Waals surface area contributed by atoms with Crippen molar-refractivity contribution >= 4 is 11.7 Å². The number of nitrogens with zero attached hydrogens (tertiary/aromatic N) is 2. The topological polar surface area (TPSA) is 53.0 Å². The number of phenolic OH excluding ortho intramolecular Hbond substituents is 1. The number of carbonyl (C=O) groups is 1. The zero-order chi connectivity index (χ0) is 28.8. The highest BCUT2D eigenvalue weighted by Gasteiger charge is 2.45. The van der Waals surface area contributed by atoms with Crippen molar-refractivity contribution < 1.29 is 19.0 Å². The van der Waals surface area contributed by atoms with Gasteiger partial charge in [-0.25, -0.2) is 4.39 Å². The molecule has 1 N–H and O–H groups in total. The fourth-order valence-electron chi connectivity index (χ4n) is 7.18. The van der Waals surface area contributed by atoms with E-state index in [0.29, 0.717) is 17.7 Å². The average Bonchev–Trinajstić information content (AvgIpc) is 2.91. The SMILES string of the molecule is CC(C)(C)OC(=O)CN1CCC2(CC1)CN(c1ccc([C@@H]3c4ccc(O)cc4CC[C@@H]3c3ccc(F)cc3)cc1)C2. The predicted octanol–water partition coefficient (Wildman–Crippen LogP) is 6.64. The summed E-state index contributed by atoms with van der Waals surface area (Å²) in [5.74, 6) is 0.354. The molecule has 5 nitrogen and oxygen atoms in total. The molecule has 0 aromatic heterocycles. The van der Waals surface area contributed by atoms with Crippen LogP contribution >= 0.6 is 0 Å². The molecule has 2 saturated heterocycles. The number of halogens is 1. The van der Waals surface area contributed by atoms with E-state index < -0.39 is 5.60 Å². The number of rotatable bonds is 5. The first kappa shape index (κ1) is 27.8. The van der Waals surface area contributed by atoms with E-state index in [4.69, 9.17) is 4.74 Å². The number of phenols is 1. The fraction of sp³-hybridized carbons (Fsp3) is 0.457. The van der Waals surface area contributed by atoms with Crippen molar-refractivity contribution in [2.75, 3.05) is 37.6 Å². The first-order valence-electron chi connectivity index (χ1n) is 14.9. The van der Waals surface area contributed by atoms with Gasteiger partial charge in [0, 0.05) is 30.1 Å². The summed E-state index contributed by atoms with van der Waals surface area (Å²) in [6.45, 7) is 10.1. The molecule has 2 atom stereocenters. The summed E-state index contributed by atoms with van der Waals surface area (Å²) in [5.41, 5.74) is 5.99. The molecule has 2 fully saturated rings. The quantitative estimate of drug-likeness (QED) is 0.357. The number of aromatic hydroxyl groups is 1. The standard InChI is InChI=1S/C35H41FN2O3/c1-34(2,3)41-32(40)21-37-18-16-35(17-19-37)22-38(23-35)28-11-6-25(7-12-28)33-30(24-4-9-27(36)10-5-24)14-8-26-20-29(39)13-15-31(26)33/h4-7,9-13,15,20,30,33,39H,8,14,16-19,21-23H2,1-3H3/t30-,33+/m1/s1. The maximum Gasteiger partial charge on any atom is 0.320 e. The molecule has 0 saturated carbocycles. The molecule has 6 rings (SSSR count). The number of esters is 1. The first-order chi connectivity index (χ1) is 19.6. The van der Waals surface area contributed by atoms with Gasteiger partial charge in [-0.15, -0.1) is 0 Å². The van der Waals surface area contributed by atoms with Gasteiger partial charge in [0.1, 0.15) is 17.2 Å². The molecule has 3 aliphatic rings. The van der Waals surface area contributed by atoms with Crippen molar-refractivity contribution in [2.45, 2.75) is 63.9 Å². The van der Waals surface area contributed by atoms with Gasteiger partial charge in [-0.05, 0) is 124 Å². The average molecular weight is 557 g/mol. The van der Waals surface area contributed by atoms with E-state index >= 15 is 0 Å². The summed E-state index contributed by atoms with van der Waals surface area (Å²) in [4.78, 5) is 17.0. The molecule has 2 aliphatic heterocycles. The van der Waals surface area contributed by atoms with Crippen LogP contribution in [0.5, 0.6) is 5.75 Å². The van der Waals surface area contributed by atoms with Crippen molar-refractivity contribution in [3.8, 4) is 5.75 Å². The van der Waals surface area contributed by atoms with Crippen molar-refractivity contribution in [3.63, 3.8) is 0 Å². The van der Waals surface area contributed by atoms with E-state index in [-0.39, 0.29) is 23.6 Å². The molecule has 3 aromatic rings. The Morgan fingerprint density at radius 3 is 2.29 bits per heavy atom. The third-order valence-electron chi connectivity index (χ3n) is 9.25. The third kappa shape index (κ3) is 5.99. The molecule has 41 heavy (non-hydrogen) atoms. The minimum atomic E-state index is -0.441. The number of hydrogen-bond donors (Lipinski definition) is 1. The fourth-order valence-corrected chi connectivity index (χ4v) is 7.18. The molecule has 1 aliphatic carbocycles. The largest absolute Gasteiger partial charge is 0.508 e. The van der Waals surface area contributed by atoms with Crippen LogP contribution in [-0.4, -0.2) is 54.3 Å². The van der Waals surface area contributed by atoms with Crippen LogP contribution in [-0.2, 0) is 16.0 Å². The lowest BCUT2D eigenvalue weighted by atomic mass is 9.69. The molecular formula is C35H41FN2O3. The molecule has 0 bridgehead atoms. The number of piperidine rings is 1. The molecule has 0 unspecified atom stereocenters. The minimum absolute atomic E-state index is 0.136. The Morgan fingerprint density at radius 2 is 1.63 bits per heavy atom. The summed E-state index contributed by atoms with van der Waals surface area (Å²) in [6, 6.07) is 21.7. The summed E-state index contributed by atoms with van der Waals surface area (Å²) >= 11 is 0. The molecular weight excluding hydrogens is 515 g/mol. The number of aryl methyl sites for hydroxylation is 1. The van der Waals surface area contributed by atoms with E-state index in [1.807, 2.05) is 39.0 Å². The second-order valence-electron chi connectivity index (χ2n) is 13.4. The summed E-state index contributed by atoms with van der Waals surface area (Å²) in [7, 11) is 0. The van der Waals surface area contributed by atoms with Gasteiger partial charge in [0.05, 0.1) is 6.54 Å². The van der Waals surface area contributed by atoms with Gasteiger partial charge in [-0.3, -0.25) is 9.69 Å². The number of anilines is 1. The van der Waals surface area contributed by atoms with Crippen LogP contribution in [0.15, 0.2) is 66.7 Å². The smallest absolute Gasteiger partial charge is 0.320 e. The van der Waals surface area contributed by atoms with E-state index in [1.165, 1.54) is 22.4 Å². The van der Waals surface area contributed by atoms with E-state index in [2.05, 4.69) is 40.1 Å². The van der Waals surface area contributed by atoms with Crippen molar-refractivity contribution in [1.29, 1.82) is 0 Å². The first-order valence-corrected chi connectivity index (χ1v) is 14.9. The lowest BCUT2D eigenvalue weighted by Gasteiger charge is -2.55. The zero-order valence-corrected chi connectivity index (χ0v) is 24.4. The van der Waals surface area contributed by atoms with Crippen LogP contribution in [0.25, 0.3) is 0 Å². The highest BCUT2D eigenvalue weighted by Crippen LogP contribution is 2.48. The maximum absolute atomic E-state index is 13.7. The van der Waals surface area contributed by atoms with Crippen molar-refractivity contribution in [1.82, 2.24) is 4.90 Å². The van der Waals surface area contributed by atoms with E-state index in [0.717, 1.165) is 57.4 Å². The number of benzene rings is 3. The van der Waals surface area contributed by atoms with Crippen molar-refractivity contribution in [2.24, 2.45) is 5.41 Å². The lowest BCUT2D eigenvalue weighted by molar-refractivity contribution is -0.156. The van der Waals surface area contributed by atoms with Gasteiger partial charge in [-0.2, -0.15) is 0 Å². The van der Waals surface area contributed by atoms with Crippen molar-refractivity contribution in [3.05, 3.63) is 94.8 Å². The Labute approximate surface area is 242 Å². The summed E-state index contributed by atoms with van der Waals surface area (Å²) in [5, 5.41) is 10.1. The van der Waals surface area contributed by atoms with Crippen LogP contribution in [0, 0.1) is 11.2 Å². The Balaban J connectivity index is 1.13. The second-order valence-corrected chi connectivity index (χ2v) is 13.4. The number of likely N-dealkylation sites (tertiary alicyclic amines) is 1. The molecule has 0 amide bonds. The van der Waals surface area contributed by atoms with Crippen LogP contribution in [0.3, 0.4) is 0 Å². The Bertz CT molecular complexity index is 1380. The maximum atomic E-state index is 13.7. The molecule has 2 heterocycles. The highest BCUT2D eigenvalue weighted by molar-refractivity contribution is 5.72. The van der Waals surface area contributed by atoms with Gasteiger partial charge < -0.3 is 14.7 Å². The van der Waals surface area contributed by atoms with Gasteiger partial charge >= 0.3 is 5.97 Å².